The van der Waals surface area contributed by atoms with Crippen molar-refractivity contribution in [3.63, 3.8) is 0 Å². The molecule has 0 aromatic carbocycles. The minimum Gasteiger partial charge on any atom is -0.480 e. The van der Waals surface area contributed by atoms with Crippen molar-refractivity contribution >= 4 is 45.1 Å². The molecule has 1 aromatic heterocycles. The van der Waals surface area contributed by atoms with Gasteiger partial charge in [0.05, 0.1) is 8.66 Å². The topological polar surface area (TPSA) is 86.7 Å². The molecule has 0 radical (unpaired) electrons. The molecule has 1 saturated heterocycles. The van der Waals surface area contributed by atoms with E-state index in [9.17, 15) is 19.5 Å². The number of carboxylic acids is 1. The third kappa shape index (κ3) is 3.86. The molecule has 120 valence electrons. The maximum atomic E-state index is 12.4. The maximum Gasteiger partial charge on any atom is 0.326 e. The molecule has 8 heteroatoms. The summed E-state index contributed by atoms with van der Waals surface area (Å²) in [5, 5.41) is 11.8. The highest BCUT2D eigenvalue weighted by Crippen LogP contribution is 2.22. The van der Waals surface area contributed by atoms with E-state index in [-0.39, 0.29) is 11.8 Å². The van der Waals surface area contributed by atoms with Crippen molar-refractivity contribution in [1.82, 2.24) is 10.2 Å². The minimum atomic E-state index is -0.992. The molecule has 0 bridgehead atoms. The SMILES string of the molecule is CC(NC(=O)c1ccc(Br)s1)C(=O)N1CCCCC1C(=O)O. The Hall–Kier alpha value is -1.41. The van der Waals surface area contributed by atoms with Gasteiger partial charge in [-0.05, 0) is 54.2 Å². The first kappa shape index (κ1) is 17.0. The summed E-state index contributed by atoms with van der Waals surface area (Å²) < 4.78 is 0.832. The number of hydrogen-bond donors (Lipinski definition) is 2. The second kappa shape index (κ2) is 7.23. The predicted molar refractivity (Wildman–Crippen MR) is 85.9 cm³/mol. The van der Waals surface area contributed by atoms with Crippen molar-refractivity contribution in [3.8, 4) is 0 Å². The second-order valence-electron chi connectivity index (χ2n) is 5.18. The lowest BCUT2D eigenvalue weighted by Crippen LogP contribution is -2.54. The lowest BCUT2D eigenvalue weighted by Gasteiger charge is -2.34. The van der Waals surface area contributed by atoms with Gasteiger partial charge in [0.2, 0.25) is 5.91 Å². The van der Waals surface area contributed by atoms with E-state index < -0.39 is 18.1 Å². The van der Waals surface area contributed by atoms with Gasteiger partial charge in [0.25, 0.3) is 5.91 Å². The number of rotatable bonds is 4. The molecule has 2 amide bonds. The van der Waals surface area contributed by atoms with Crippen LogP contribution >= 0.6 is 27.3 Å². The van der Waals surface area contributed by atoms with Crippen molar-refractivity contribution in [1.29, 1.82) is 0 Å². The molecule has 6 nitrogen and oxygen atoms in total. The molecule has 1 fully saturated rings. The Morgan fingerprint density at radius 2 is 2.14 bits per heavy atom. The van der Waals surface area contributed by atoms with Gasteiger partial charge >= 0.3 is 5.97 Å². The molecule has 0 saturated carbocycles. The predicted octanol–water partition coefficient (Wildman–Crippen LogP) is 2.09. The van der Waals surface area contributed by atoms with Gasteiger partial charge < -0.3 is 15.3 Å². The highest BCUT2D eigenvalue weighted by atomic mass is 79.9. The van der Waals surface area contributed by atoms with Crippen LogP contribution < -0.4 is 5.32 Å². The zero-order valence-corrected chi connectivity index (χ0v) is 14.4. The van der Waals surface area contributed by atoms with Crippen LogP contribution in [0.4, 0.5) is 0 Å². The van der Waals surface area contributed by atoms with Crippen molar-refractivity contribution in [3.05, 3.63) is 20.8 Å². The number of thiophene rings is 1. The fraction of sp³-hybridized carbons (Fsp3) is 0.500. The standard InChI is InChI=1S/C14H17BrN2O4S/c1-8(16-12(18)10-5-6-11(15)22-10)13(19)17-7-3-2-4-9(17)14(20)21/h5-6,8-9H,2-4,7H2,1H3,(H,16,18)(H,20,21). The van der Waals surface area contributed by atoms with E-state index in [4.69, 9.17) is 0 Å². The molecule has 2 unspecified atom stereocenters. The molecule has 2 heterocycles. The molecule has 2 N–H and O–H groups in total. The van der Waals surface area contributed by atoms with Gasteiger partial charge in [-0.25, -0.2) is 4.79 Å². The Kier molecular flexibility index (Phi) is 5.57. The zero-order valence-electron chi connectivity index (χ0n) is 12.0. The summed E-state index contributed by atoms with van der Waals surface area (Å²) in [5.74, 6) is -1.68. The average molecular weight is 389 g/mol. The molecule has 1 aromatic rings. The normalized spacial score (nSPS) is 19.5. The van der Waals surface area contributed by atoms with E-state index in [0.29, 0.717) is 17.8 Å². The molecule has 2 rings (SSSR count). The van der Waals surface area contributed by atoms with Crippen LogP contribution in [0.5, 0.6) is 0 Å². The number of nitrogens with zero attached hydrogens (tertiary/aromatic N) is 1. The Morgan fingerprint density at radius 3 is 2.73 bits per heavy atom. The highest BCUT2D eigenvalue weighted by Gasteiger charge is 2.34. The summed E-state index contributed by atoms with van der Waals surface area (Å²) in [5.41, 5.74) is 0. The van der Waals surface area contributed by atoms with Crippen LogP contribution in [0.25, 0.3) is 0 Å². The number of carbonyl (C=O) groups excluding carboxylic acids is 2. The monoisotopic (exact) mass is 388 g/mol. The first-order valence-corrected chi connectivity index (χ1v) is 8.60. The van der Waals surface area contributed by atoms with E-state index in [0.717, 1.165) is 16.6 Å². The Morgan fingerprint density at radius 1 is 1.41 bits per heavy atom. The van der Waals surface area contributed by atoms with E-state index in [1.165, 1.54) is 16.2 Å². The van der Waals surface area contributed by atoms with E-state index >= 15 is 0 Å². The van der Waals surface area contributed by atoms with Gasteiger partial charge in [-0.3, -0.25) is 9.59 Å². The number of nitrogens with one attached hydrogen (secondary N) is 1. The van der Waals surface area contributed by atoms with Crippen molar-refractivity contribution in [2.45, 2.75) is 38.3 Å². The van der Waals surface area contributed by atoms with E-state index in [2.05, 4.69) is 21.2 Å². The number of aliphatic carboxylic acids is 1. The van der Waals surface area contributed by atoms with Crippen LogP contribution in [-0.4, -0.2) is 46.4 Å². The van der Waals surface area contributed by atoms with Gasteiger partial charge in [0.15, 0.2) is 0 Å². The number of likely N-dealkylation sites (tertiary alicyclic amines) is 1. The molecule has 0 aliphatic carbocycles. The van der Waals surface area contributed by atoms with Crippen LogP contribution in [0.2, 0.25) is 0 Å². The van der Waals surface area contributed by atoms with Crippen LogP contribution in [0.15, 0.2) is 15.9 Å². The number of amides is 2. The Labute approximate surface area is 140 Å². The summed E-state index contributed by atoms with van der Waals surface area (Å²) in [7, 11) is 0. The largest absolute Gasteiger partial charge is 0.480 e. The lowest BCUT2D eigenvalue weighted by atomic mass is 10.0. The van der Waals surface area contributed by atoms with Crippen LogP contribution in [0, 0.1) is 0 Å². The van der Waals surface area contributed by atoms with Gasteiger partial charge in [-0.15, -0.1) is 11.3 Å². The van der Waals surface area contributed by atoms with E-state index in [1.54, 1.807) is 19.1 Å². The molecule has 1 aliphatic heterocycles. The third-order valence-electron chi connectivity index (χ3n) is 3.59. The quantitative estimate of drug-likeness (QED) is 0.826. The minimum absolute atomic E-state index is 0.333. The molecule has 1 aliphatic rings. The first-order valence-electron chi connectivity index (χ1n) is 6.99. The summed E-state index contributed by atoms with van der Waals surface area (Å²) in [4.78, 5) is 37.6. The Bertz CT molecular complexity index is 589. The fourth-order valence-electron chi connectivity index (χ4n) is 2.47. The lowest BCUT2D eigenvalue weighted by molar-refractivity contribution is -0.152. The Balaban J connectivity index is 2.01. The summed E-state index contributed by atoms with van der Waals surface area (Å²) in [6.45, 7) is 2.00. The molecule has 0 spiro atoms. The molecule has 22 heavy (non-hydrogen) atoms. The van der Waals surface area contributed by atoms with Gasteiger partial charge in [-0.2, -0.15) is 0 Å². The van der Waals surface area contributed by atoms with Gasteiger partial charge in [-0.1, -0.05) is 0 Å². The first-order chi connectivity index (χ1) is 10.4. The average Bonchev–Trinajstić information content (AvgIpc) is 2.93. The van der Waals surface area contributed by atoms with Crippen molar-refractivity contribution < 1.29 is 19.5 Å². The maximum absolute atomic E-state index is 12.4. The summed E-state index contributed by atoms with van der Waals surface area (Å²) in [6, 6.07) is 1.88. The number of hydrogen-bond acceptors (Lipinski definition) is 4. The highest BCUT2D eigenvalue weighted by molar-refractivity contribution is 9.11. The van der Waals surface area contributed by atoms with Crippen LogP contribution in [0.1, 0.15) is 35.9 Å². The number of piperidine rings is 1. The fourth-order valence-corrected chi connectivity index (χ4v) is 3.76. The number of halogens is 1. The smallest absolute Gasteiger partial charge is 0.326 e. The second-order valence-corrected chi connectivity index (χ2v) is 7.64. The summed E-state index contributed by atoms with van der Waals surface area (Å²) in [6.07, 6.45) is 2.04. The van der Waals surface area contributed by atoms with Crippen LogP contribution in [0.3, 0.4) is 0 Å². The summed E-state index contributed by atoms with van der Waals surface area (Å²) >= 11 is 4.56. The zero-order chi connectivity index (χ0) is 16.3. The van der Waals surface area contributed by atoms with Crippen LogP contribution in [-0.2, 0) is 9.59 Å². The van der Waals surface area contributed by atoms with Gasteiger partial charge in [0.1, 0.15) is 12.1 Å². The van der Waals surface area contributed by atoms with Crippen molar-refractivity contribution in [2.24, 2.45) is 0 Å². The van der Waals surface area contributed by atoms with Crippen molar-refractivity contribution in [2.75, 3.05) is 6.54 Å². The van der Waals surface area contributed by atoms with Gasteiger partial charge in [0, 0.05) is 6.54 Å². The third-order valence-corrected chi connectivity index (χ3v) is 5.21. The number of carbonyl (C=O) groups is 3. The number of carboxylic acid groups (broad SMARTS) is 1. The molecular formula is C14H17BrN2O4S. The molecular weight excluding hydrogens is 372 g/mol. The molecule has 2 atom stereocenters. The van der Waals surface area contributed by atoms with E-state index in [1.807, 2.05) is 0 Å².